The zero-order chi connectivity index (χ0) is 19.5. The largest absolute Gasteiger partial charge is 0.378 e. The van der Waals surface area contributed by atoms with Crippen molar-refractivity contribution in [2.45, 2.75) is 51.9 Å². The van der Waals surface area contributed by atoms with Gasteiger partial charge < -0.3 is 14.5 Å². The second-order valence-electron chi connectivity index (χ2n) is 8.44. The predicted octanol–water partition coefficient (Wildman–Crippen LogP) is 4.97. The maximum absolute atomic E-state index is 5.46. The van der Waals surface area contributed by atoms with E-state index in [1.807, 2.05) is 22.7 Å². The SMILES string of the molecule is CC(C)c1cnc(N2CCCC(CC(C)c3cnc(N4CCOCC4)s3)C2)s1. The van der Waals surface area contributed by atoms with Crippen molar-refractivity contribution in [2.75, 3.05) is 49.2 Å². The Labute approximate surface area is 176 Å². The van der Waals surface area contributed by atoms with Gasteiger partial charge in [0.15, 0.2) is 10.3 Å². The number of piperidine rings is 1. The number of thiazole rings is 2. The van der Waals surface area contributed by atoms with Crippen LogP contribution >= 0.6 is 22.7 Å². The van der Waals surface area contributed by atoms with Gasteiger partial charge in [0.2, 0.25) is 0 Å². The van der Waals surface area contributed by atoms with Gasteiger partial charge in [-0.05, 0) is 37.0 Å². The first-order chi connectivity index (χ1) is 13.6. The molecule has 2 aliphatic heterocycles. The minimum absolute atomic E-state index is 0.568. The van der Waals surface area contributed by atoms with E-state index in [4.69, 9.17) is 14.7 Å². The molecule has 28 heavy (non-hydrogen) atoms. The molecule has 5 nitrogen and oxygen atoms in total. The number of anilines is 2. The monoisotopic (exact) mass is 420 g/mol. The molecule has 0 amide bonds. The van der Waals surface area contributed by atoms with Crippen molar-refractivity contribution < 1.29 is 4.74 Å². The number of morpholine rings is 1. The van der Waals surface area contributed by atoms with Gasteiger partial charge in [-0.2, -0.15) is 0 Å². The Morgan fingerprint density at radius 1 is 1.00 bits per heavy atom. The lowest BCUT2D eigenvalue weighted by Crippen LogP contribution is -2.36. The number of hydrogen-bond donors (Lipinski definition) is 0. The summed E-state index contributed by atoms with van der Waals surface area (Å²) in [7, 11) is 0. The maximum Gasteiger partial charge on any atom is 0.185 e. The average molecular weight is 421 g/mol. The molecule has 2 aromatic rings. The first-order valence-corrected chi connectivity index (χ1v) is 12.2. The van der Waals surface area contributed by atoms with Gasteiger partial charge in [0.1, 0.15) is 0 Å². The highest BCUT2D eigenvalue weighted by Crippen LogP contribution is 2.36. The van der Waals surface area contributed by atoms with E-state index in [2.05, 4.69) is 43.0 Å². The summed E-state index contributed by atoms with van der Waals surface area (Å²) in [4.78, 5) is 17.1. The van der Waals surface area contributed by atoms with E-state index >= 15 is 0 Å². The van der Waals surface area contributed by atoms with Crippen molar-refractivity contribution in [3.63, 3.8) is 0 Å². The molecule has 0 bridgehead atoms. The zero-order valence-electron chi connectivity index (χ0n) is 17.3. The van der Waals surface area contributed by atoms with Gasteiger partial charge in [0, 0.05) is 48.3 Å². The number of ether oxygens (including phenoxy) is 1. The van der Waals surface area contributed by atoms with Crippen molar-refractivity contribution in [3.8, 4) is 0 Å². The predicted molar refractivity (Wildman–Crippen MR) is 119 cm³/mol. The van der Waals surface area contributed by atoms with Crippen LogP contribution in [0.3, 0.4) is 0 Å². The molecule has 2 unspecified atom stereocenters. The Morgan fingerprint density at radius 2 is 1.68 bits per heavy atom. The van der Waals surface area contributed by atoms with E-state index < -0.39 is 0 Å². The Hall–Kier alpha value is -1.18. The third-order valence-corrected chi connectivity index (χ3v) is 8.48. The van der Waals surface area contributed by atoms with Crippen molar-refractivity contribution >= 4 is 32.9 Å². The van der Waals surface area contributed by atoms with E-state index in [9.17, 15) is 0 Å². The van der Waals surface area contributed by atoms with Crippen molar-refractivity contribution in [1.82, 2.24) is 9.97 Å². The molecule has 0 aliphatic carbocycles. The number of nitrogens with zero attached hydrogens (tertiary/aromatic N) is 4. The van der Waals surface area contributed by atoms with Gasteiger partial charge >= 0.3 is 0 Å². The molecule has 0 N–H and O–H groups in total. The summed E-state index contributed by atoms with van der Waals surface area (Å²) >= 11 is 3.75. The fourth-order valence-electron chi connectivity index (χ4n) is 4.14. The molecule has 0 aromatic carbocycles. The summed E-state index contributed by atoms with van der Waals surface area (Å²) < 4.78 is 5.46. The molecule has 4 heterocycles. The van der Waals surface area contributed by atoms with E-state index in [-0.39, 0.29) is 0 Å². The number of hydrogen-bond acceptors (Lipinski definition) is 7. The number of aromatic nitrogens is 2. The zero-order valence-corrected chi connectivity index (χ0v) is 18.9. The fourth-order valence-corrected chi connectivity index (χ4v) is 6.13. The van der Waals surface area contributed by atoms with Crippen molar-refractivity contribution in [1.29, 1.82) is 0 Å². The minimum Gasteiger partial charge on any atom is -0.378 e. The fraction of sp³-hybridized carbons (Fsp3) is 0.714. The summed E-state index contributed by atoms with van der Waals surface area (Å²) in [6.45, 7) is 12.7. The van der Waals surface area contributed by atoms with Gasteiger partial charge in [0.05, 0.1) is 13.2 Å². The summed E-state index contributed by atoms with van der Waals surface area (Å²) in [6.07, 6.45) is 8.02. The maximum atomic E-state index is 5.46. The molecule has 2 aromatic heterocycles. The molecule has 2 atom stereocenters. The summed E-state index contributed by atoms with van der Waals surface area (Å²) in [5.41, 5.74) is 0. The quantitative estimate of drug-likeness (QED) is 0.660. The van der Waals surface area contributed by atoms with Gasteiger partial charge in [0.25, 0.3) is 0 Å². The summed E-state index contributed by atoms with van der Waals surface area (Å²) in [5.74, 6) is 1.88. The Morgan fingerprint density at radius 3 is 2.39 bits per heavy atom. The molecule has 2 saturated heterocycles. The number of rotatable bonds is 6. The summed E-state index contributed by atoms with van der Waals surface area (Å²) in [5, 5.41) is 2.38. The molecule has 2 fully saturated rings. The molecule has 0 spiro atoms. The van der Waals surface area contributed by atoms with Crippen LogP contribution in [0.4, 0.5) is 10.3 Å². The lowest BCUT2D eigenvalue weighted by Gasteiger charge is -2.33. The average Bonchev–Trinajstić information content (AvgIpc) is 3.39. The van der Waals surface area contributed by atoms with Crippen molar-refractivity contribution in [2.24, 2.45) is 5.92 Å². The van der Waals surface area contributed by atoms with Gasteiger partial charge in [-0.3, -0.25) is 0 Å². The third-order valence-electron chi connectivity index (χ3n) is 5.84. The van der Waals surface area contributed by atoms with Crippen LogP contribution in [0.2, 0.25) is 0 Å². The van der Waals surface area contributed by atoms with Crippen LogP contribution < -0.4 is 9.80 Å². The Balaban J connectivity index is 1.34. The molecule has 0 radical (unpaired) electrons. The molecular formula is C21H32N4OS2. The van der Waals surface area contributed by atoms with E-state index in [1.54, 1.807) is 0 Å². The first kappa shape index (κ1) is 20.1. The topological polar surface area (TPSA) is 41.5 Å². The van der Waals surface area contributed by atoms with E-state index in [0.29, 0.717) is 11.8 Å². The Kier molecular flexibility index (Phi) is 6.53. The van der Waals surface area contributed by atoms with Gasteiger partial charge in [-0.15, -0.1) is 22.7 Å². The second-order valence-corrected chi connectivity index (χ2v) is 10.5. The van der Waals surface area contributed by atoms with Crippen molar-refractivity contribution in [3.05, 3.63) is 22.1 Å². The van der Waals surface area contributed by atoms with Crippen LogP contribution in [0.5, 0.6) is 0 Å². The highest BCUT2D eigenvalue weighted by molar-refractivity contribution is 7.16. The van der Waals surface area contributed by atoms with Crippen LogP contribution in [0.1, 0.15) is 61.6 Å². The molecule has 2 aliphatic rings. The smallest absolute Gasteiger partial charge is 0.185 e. The molecule has 154 valence electrons. The normalized spacial score (nSPS) is 22.1. The summed E-state index contributed by atoms with van der Waals surface area (Å²) in [6, 6.07) is 0. The molecule has 4 rings (SSSR count). The van der Waals surface area contributed by atoms with Crippen LogP contribution in [-0.4, -0.2) is 49.4 Å². The second kappa shape index (κ2) is 9.09. The van der Waals surface area contributed by atoms with E-state index in [0.717, 1.165) is 45.3 Å². The van der Waals surface area contributed by atoms with E-state index in [1.165, 1.54) is 39.3 Å². The first-order valence-electron chi connectivity index (χ1n) is 10.6. The van der Waals surface area contributed by atoms with Gasteiger partial charge in [-0.25, -0.2) is 9.97 Å². The van der Waals surface area contributed by atoms with Crippen LogP contribution in [-0.2, 0) is 4.74 Å². The minimum atomic E-state index is 0.568. The molecular weight excluding hydrogens is 388 g/mol. The van der Waals surface area contributed by atoms with Crippen LogP contribution in [0.25, 0.3) is 0 Å². The van der Waals surface area contributed by atoms with Gasteiger partial charge in [-0.1, -0.05) is 20.8 Å². The Bertz CT molecular complexity index is 753. The third kappa shape index (κ3) is 4.69. The standard InChI is InChI=1S/C21H32N4OS2/c1-15(2)18-12-22-21(27-18)25-6-4-5-17(14-25)11-16(3)19-13-23-20(28-19)24-7-9-26-10-8-24/h12-13,15-17H,4-11,14H2,1-3H3. The highest BCUT2D eigenvalue weighted by atomic mass is 32.1. The molecule has 0 saturated carbocycles. The lowest BCUT2D eigenvalue weighted by atomic mass is 9.88. The van der Waals surface area contributed by atoms with Crippen LogP contribution in [0.15, 0.2) is 12.4 Å². The molecule has 7 heteroatoms. The van der Waals surface area contributed by atoms with Crippen LogP contribution in [0, 0.1) is 5.92 Å². The highest BCUT2D eigenvalue weighted by Gasteiger charge is 2.25. The lowest BCUT2D eigenvalue weighted by molar-refractivity contribution is 0.122.